The maximum Gasteiger partial charge on any atom is 0.214 e. The van der Waals surface area contributed by atoms with Crippen molar-refractivity contribution in [3.63, 3.8) is 0 Å². The predicted octanol–water partition coefficient (Wildman–Crippen LogP) is 2.22. The van der Waals surface area contributed by atoms with E-state index in [1.165, 1.54) is 5.56 Å². The van der Waals surface area contributed by atoms with E-state index in [1.807, 2.05) is 24.3 Å². The lowest BCUT2D eigenvalue weighted by atomic mass is 10.1. The normalized spacial score (nSPS) is 20.8. The summed E-state index contributed by atoms with van der Waals surface area (Å²) in [4.78, 5) is 2.35. The number of nitrogens with zero attached hydrogens (tertiary/aromatic N) is 3. The largest absolute Gasteiger partial charge is 0.295 e. The van der Waals surface area contributed by atoms with E-state index in [0.29, 0.717) is 32.0 Å². The van der Waals surface area contributed by atoms with Crippen LogP contribution < -0.4 is 0 Å². The Balaban J connectivity index is 1.96. The van der Waals surface area contributed by atoms with Crippen LogP contribution in [-0.4, -0.2) is 49.1 Å². The zero-order chi connectivity index (χ0) is 16.7. The van der Waals surface area contributed by atoms with E-state index < -0.39 is 10.0 Å². The number of hydrogen-bond donors (Lipinski definition) is 0. The van der Waals surface area contributed by atoms with E-state index in [2.05, 4.69) is 24.0 Å². The molecule has 0 saturated carbocycles. The minimum Gasteiger partial charge on any atom is -0.295 e. The smallest absolute Gasteiger partial charge is 0.214 e. The van der Waals surface area contributed by atoms with Crippen LogP contribution in [0.5, 0.6) is 0 Å². The van der Waals surface area contributed by atoms with Gasteiger partial charge in [-0.15, -0.1) is 0 Å². The van der Waals surface area contributed by atoms with Gasteiger partial charge in [0.1, 0.15) is 0 Å². The highest BCUT2D eigenvalue weighted by atomic mass is 32.2. The molecule has 0 N–H and O–H groups in total. The number of unbranched alkanes of at least 4 members (excludes halogenated alkanes) is 1. The maximum atomic E-state index is 12.4. The fourth-order valence-corrected chi connectivity index (χ4v) is 4.39. The molecule has 1 atom stereocenters. The monoisotopic (exact) mass is 335 g/mol. The predicted molar refractivity (Wildman–Crippen MR) is 91.1 cm³/mol. The van der Waals surface area contributed by atoms with Crippen LogP contribution in [0.25, 0.3) is 0 Å². The molecule has 0 aliphatic carbocycles. The average Bonchev–Trinajstić information content (AvgIpc) is 2.72. The van der Waals surface area contributed by atoms with Crippen molar-refractivity contribution < 1.29 is 8.42 Å². The highest BCUT2D eigenvalue weighted by molar-refractivity contribution is 7.89. The summed E-state index contributed by atoms with van der Waals surface area (Å²) < 4.78 is 26.4. The van der Waals surface area contributed by atoms with Gasteiger partial charge in [0, 0.05) is 38.6 Å². The topological polar surface area (TPSA) is 64.4 Å². The molecule has 0 amide bonds. The third-order valence-corrected chi connectivity index (χ3v) is 6.33. The number of sulfonamides is 1. The van der Waals surface area contributed by atoms with Crippen molar-refractivity contribution in [3.05, 3.63) is 35.9 Å². The molecule has 23 heavy (non-hydrogen) atoms. The van der Waals surface area contributed by atoms with Crippen LogP contribution in [0.1, 0.15) is 31.7 Å². The Morgan fingerprint density at radius 1 is 1.22 bits per heavy atom. The van der Waals surface area contributed by atoms with E-state index in [0.717, 1.165) is 19.5 Å². The molecule has 0 aromatic heterocycles. The maximum absolute atomic E-state index is 12.4. The van der Waals surface area contributed by atoms with Crippen LogP contribution in [0.2, 0.25) is 0 Å². The molecule has 1 fully saturated rings. The molecule has 1 aliphatic heterocycles. The Morgan fingerprint density at radius 2 is 1.96 bits per heavy atom. The number of rotatable bonds is 6. The second-order valence-corrected chi connectivity index (χ2v) is 8.16. The van der Waals surface area contributed by atoms with Gasteiger partial charge in [-0.05, 0) is 25.3 Å². The van der Waals surface area contributed by atoms with Gasteiger partial charge in [0.15, 0.2) is 0 Å². The summed E-state index contributed by atoms with van der Waals surface area (Å²) in [6, 6.07) is 12.6. The van der Waals surface area contributed by atoms with E-state index in [4.69, 9.17) is 5.26 Å². The SMILES string of the molecule is CC1CCN(S(=O)(=O)CCCC#N)CCN1Cc1ccccc1. The van der Waals surface area contributed by atoms with Crippen molar-refractivity contribution in [2.75, 3.05) is 25.4 Å². The van der Waals surface area contributed by atoms with E-state index >= 15 is 0 Å². The second-order valence-electron chi connectivity index (χ2n) is 6.07. The van der Waals surface area contributed by atoms with Gasteiger partial charge >= 0.3 is 0 Å². The third-order valence-electron chi connectivity index (χ3n) is 4.37. The molecule has 6 heteroatoms. The van der Waals surface area contributed by atoms with Crippen molar-refractivity contribution in [1.82, 2.24) is 9.21 Å². The van der Waals surface area contributed by atoms with E-state index in [-0.39, 0.29) is 5.75 Å². The molecular formula is C17H25N3O2S. The van der Waals surface area contributed by atoms with Crippen LogP contribution in [0.3, 0.4) is 0 Å². The Hall–Kier alpha value is -1.42. The van der Waals surface area contributed by atoms with Crippen molar-refractivity contribution >= 4 is 10.0 Å². The summed E-state index contributed by atoms with van der Waals surface area (Å²) in [5, 5.41) is 8.56. The van der Waals surface area contributed by atoms with Crippen molar-refractivity contribution in [2.45, 2.75) is 38.8 Å². The van der Waals surface area contributed by atoms with Gasteiger partial charge < -0.3 is 0 Å². The molecule has 1 heterocycles. The van der Waals surface area contributed by atoms with Crippen molar-refractivity contribution in [2.24, 2.45) is 0 Å². The lowest BCUT2D eigenvalue weighted by Crippen LogP contribution is -2.37. The van der Waals surface area contributed by atoms with E-state index in [9.17, 15) is 8.42 Å². The molecule has 0 bridgehead atoms. The fraction of sp³-hybridized carbons (Fsp3) is 0.588. The van der Waals surface area contributed by atoms with Crippen LogP contribution in [0, 0.1) is 11.3 Å². The van der Waals surface area contributed by atoms with Crippen LogP contribution in [0.4, 0.5) is 0 Å². The molecule has 0 spiro atoms. The highest BCUT2D eigenvalue weighted by Gasteiger charge is 2.27. The van der Waals surface area contributed by atoms with Gasteiger partial charge in [-0.25, -0.2) is 12.7 Å². The number of nitriles is 1. The minimum absolute atomic E-state index is 0.0770. The lowest BCUT2D eigenvalue weighted by Gasteiger charge is -2.26. The highest BCUT2D eigenvalue weighted by Crippen LogP contribution is 2.17. The van der Waals surface area contributed by atoms with Crippen LogP contribution >= 0.6 is 0 Å². The van der Waals surface area contributed by atoms with Crippen molar-refractivity contribution in [3.8, 4) is 6.07 Å². The molecule has 5 nitrogen and oxygen atoms in total. The molecular weight excluding hydrogens is 310 g/mol. The molecule has 1 saturated heterocycles. The molecule has 1 aromatic rings. The molecule has 1 unspecified atom stereocenters. The first kappa shape index (κ1) is 17.9. The van der Waals surface area contributed by atoms with Crippen LogP contribution in [0.15, 0.2) is 30.3 Å². The summed E-state index contributed by atoms with van der Waals surface area (Å²) in [6.45, 7) is 4.86. The summed E-state index contributed by atoms with van der Waals surface area (Å²) in [5.74, 6) is 0.0770. The Kier molecular flexibility index (Phi) is 6.58. The second kappa shape index (κ2) is 8.44. The van der Waals surface area contributed by atoms with Gasteiger partial charge in [-0.3, -0.25) is 4.90 Å². The average molecular weight is 335 g/mol. The van der Waals surface area contributed by atoms with E-state index in [1.54, 1.807) is 4.31 Å². The Bertz CT molecular complexity index is 625. The van der Waals surface area contributed by atoms with Gasteiger partial charge in [-0.2, -0.15) is 5.26 Å². The molecule has 126 valence electrons. The zero-order valence-corrected chi connectivity index (χ0v) is 14.5. The van der Waals surface area contributed by atoms with Crippen molar-refractivity contribution in [1.29, 1.82) is 5.26 Å². The fourth-order valence-electron chi connectivity index (χ4n) is 2.88. The summed E-state index contributed by atoms with van der Waals surface area (Å²) >= 11 is 0. The minimum atomic E-state index is -3.24. The zero-order valence-electron chi connectivity index (χ0n) is 13.7. The first-order chi connectivity index (χ1) is 11.0. The Morgan fingerprint density at radius 3 is 2.65 bits per heavy atom. The summed E-state index contributed by atoms with van der Waals surface area (Å²) in [6.07, 6.45) is 1.55. The number of benzene rings is 1. The number of hydrogen-bond acceptors (Lipinski definition) is 4. The summed E-state index contributed by atoms with van der Waals surface area (Å²) in [7, 11) is -3.24. The first-order valence-electron chi connectivity index (χ1n) is 8.15. The molecule has 2 rings (SSSR count). The molecule has 1 aromatic carbocycles. The van der Waals surface area contributed by atoms with Gasteiger partial charge in [-0.1, -0.05) is 30.3 Å². The third kappa shape index (κ3) is 5.31. The summed E-state index contributed by atoms with van der Waals surface area (Å²) in [5.41, 5.74) is 1.25. The van der Waals surface area contributed by atoms with Gasteiger partial charge in [0.25, 0.3) is 0 Å². The lowest BCUT2D eigenvalue weighted by molar-refractivity contribution is 0.210. The molecule has 0 radical (unpaired) electrons. The molecule has 1 aliphatic rings. The van der Waals surface area contributed by atoms with Crippen LogP contribution in [-0.2, 0) is 16.6 Å². The standard InChI is InChI=1S/C17H25N3O2S/c1-16-9-11-20(23(21,22)14-6-5-10-18)13-12-19(16)15-17-7-3-2-4-8-17/h2-4,7-8,16H,5-6,9,11-15H2,1H3. The first-order valence-corrected chi connectivity index (χ1v) is 9.76. The Labute approximate surface area is 139 Å². The van der Waals surface area contributed by atoms with Gasteiger partial charge in [0.05, 0.1) is 11.8 Å². The van der Waals surface area contributed by atoms with Gasteiger partial charge in [0.2, 0.25) is 10.0 Å². The quantitative estimate of drug-likeness (QED) is 0.748.